The Labute approximate surface area is 149 Å². The Balaban J connectivity index is 1.37. The first-order chi connectivity index (χ1) is 12.2. The van der Waals surface area contributed by atoms with Gasteiger partial charge in [0.25, 0.3) is 0 Å². The number of fused-ring (bicyclic) bond motifs is 1. The van der Waals surface area contributed by atoms with Crippen molar-refractivity contribution in [2.45, 2.75) is 50.5 Å². The quantitative estimate of drug-likeness (QED) is 0.883. The van der Waals surface area contributed by atoms with Crippen LogP contribution >= 0.6 is 0 Å². The second kappa shape index (κ2) is 7.17. The first kappa shape index (κ1) is 16.6. The topological polar surface area (TPSA) is 35.2 Å². The van der Waals surface area contributed by atoms with Gasteiger partial charge in [-0.3, -0.25) is 0 Å². The second-order valence-electron chi connectivity index (χ2n) is 7.67. The van der Waals surface area contributed by atoms with E-state index in [9.17, 15) is 4.39 Å². The molecule has 2 aromatic carbocycles. The van der Waals surface area contributed by atoms with Crippen LogP contribution in [0.1, 0.15) is 48.3 Å². The molecule has 0 bridgehead atoms. The number of benzene rings is 2. The van der Waals surface area contributed by atoms with Gasteiger partial charge < -0.3 is 10.5 Å². The zero-order chi connectivity index (χ0) is 17.2. The van der Waals surface area contributed by atoms with Crippen LogP contribution in [-0.4, -0.2) is 12.6 Å². The SMILES string of the molecule is NC1CCC(c2ccc3c(c2)CCC(COc2ccc(F)cc2)C3)C1. The van der Waals surface area contributed by atoms with Gasteiger partial charge in [0.2, 0.25) is 0 Å². The minimum Gasteiger partial charge on any atom is -0.493 e. The van der Waals surface area contributed by atoms with Gasteiger partial charge in [-0.1, -0.05) is 18.2 Å². The van der Waals surface area contributed by atoms with Gasteiger partial charge in [-0.15, -0.1) is 0 Å². The highest BCUT2D eigenvalue weighted by atomic mass is 19.1. The summed E-state index contributed by atoms with van der Waals surface area (Å²) in [6.07, 6.45) is 6.87. The molecule has 2 aromatic rings. The maximum atomic E-state index is 13.0. The molecule has 0 radical (unpaired) electrons. The molecular weight excluding hydrogens is 313 g/mol. The van der Waals surface area contributed by atoms with E-state index in [1.807, 2.05) is 0 Å². The van der Waals surface area contributed by atoms with E-state index in [4.69, 9.17) is 10.5 Å². The number of aryl methyl sites for hydroxylation is 1. The Morgan fingerprint density at radius 3 is 2.60 bits per heavy atom. The van der Waals surface area contributed by atoms with Crippen molar-refractivity contribution in [3.8, 4) is 5.75 Å². The van der Waals surface area contributed by atoms with Crippen LogP contribution in [0.4, 0.5) is 4.39 Å². The van der Waals surface area contributed by atoms with Crippen LogP contribution in [0.25, 0.3) is 0 Å². The molecule has 3 heteroatoms. The highest BCUT2D eigenvalue weighted by Gasteiger charge is 2.25. The van der Waals surface area contributed by atoms with Crippen LogP contribution in [0.2, 0.25) is 0 Å². The number of hydrogen-bond acceptors (Lipinski definition) is 2. The molecule has 0 heterocycles. The Morgan fingerprint density at radius 2 is 1.84 bits per heavy atom. The molecule has 0 spiro atoms. The van der Waals surface area contributed by atoms with E-state index < -0.39 is 0 Å². The fraction of sp³-hybridized carbons (Fsp3) is 0.455. The van der Waals surface area contributed by atoms with Crippen LogP contribution in [0, 0.1) is 11.7 Å². The summed E-state index contributed by atoms with van der Waals surface area (Å²) in [4.78, 5) is 0. The van der Waals surface area contributed by atoms with E-state index in [0.717, 1.165) is 37.9 Å². The fourth-order valence-corrected chi connectivity index (χ4v) is 4.31. The van der Waals surface area contributed by atoms with Crippen molar-refractivity contribution >= 4 is 0 Å². The number of nitrogens with two attached hydrogens (primary N) is 1. The van der Waals surface area contributed by atoms with Crippen molar-refractivity contribution in [1.29, 1.82) is 0 Å². The Morgan fingerprint density at radius 1 is 1.00 bits per heavy atom. The summed E-state index contributed by atoms with van der Waals surface area (Å²) >= 11 is 0. The van der Waals surface area contributed by atoms with Crippen molar-refractivity contribution in [2.24, 2.45) is 11.7 Å². The van der Waals surface area contributed by atoms with Gasteiger partial charge in [0.15, 0.2) is 0 Å². The summed E-state index contributed by atoms with van der Waals surface area (Å²) in [5.74, 6) is 1.71. The molecule has 1 saturated carbocycles. The summed E-state index contributed by atoms with van der Waals surface area (Å²) in [6, 6.07) is 13.7. The Kier molecular flexibility index (Phi) is 4.76. The van der Waals surface area contributed by atoms with Crippen molar-refractivity contribution in [1.82, 2.24) is 0 Å². The number of hydrogen-bond donors (Lipinski definition) is 1. The average Bonchev–Trinajstić information content (AvgIpc) is 3.07. The van der Waals surface area contributed by atoms with Crippen molar-refractivity contribution in [3.63, 3.8) is 0 Å². The lowest BCUT2D eigenvalue weighted by atomic mass is 9.82. The molecule has 1 fully saturated rings. The minimum absolute atomic E-state index is 0.224. The zero-order valence-corrected chi connectivity index (χ0v) is 14.6. The molecule has 2 nitrogen and oxygen atoms in total. The predicted molar refractivity (Wildman–Crippen MR) is 98.4 cm³/mol. The fourth-order valence-electron chi connectivity index (χ4n) is 4.31. The molecule has 0 saturated heterocycles. The number of ether oxygens (including phenoxy) is 1. The Hall–Kier alpha value is -1.87. The molecule has 3 atom stereocenters. The van der Waals surface area contributed by atoms with Crippen LogP contribution in [0.15, 0.2) is 42.5 Å². The molecule has 132 valence electrons. The molecule has 2 N–H and O–H groups in total. The van der Waals surface area contributed by atoms with E-state index in [2.05, 4.69) is 18.2 Å². The van der Waals surface area contributed by atoms with Crippen molar-refractivity contribution in [3.05, 3.63) is 65.0 Å². The standard InChI is InChI=1S/C22H26FNO/c23-20-6-9-22(10-7-20)25-14-15-1-2-17-12-18(4-3-16(17)11-15)19-5-8-21(24)13-19/h3-4,6-7,9-10,12,15,19,21H,1-2,5,8,11,13-14,24H2. The van der Waals surface area contributed by atoms with Gasteiger partial charge in [-0.25, -0.2) is 4.39 Å². The van der Waals surface area contributed by atoms with Crippen molar-refractivity contribution < 1.29 is 9.13 Å². The van der Waals surface area contributed by atoms with Gasteiger partial charge in [0.05, 0.1) is 6.61 Å². The third-order valence-electron chi connectivity index (χ3n) is 5.80. The molecule has 0 aliphatic heterocycles. The maximum Gasteiger partial charge on any atom is 0.123 e. The molecular formula is C22H26FNO. The first-order valence-electron chi connectivity index (χ1n) is 9.43. The predicted octanol–water partition coefficient (Wildman–Crippen LogP) is 4.60. The first-order valence-corrected chi connectivity index (χ1v) is 9.43. The van der Waals surface area contributed by atoms with Crippen LogP contribution in [-0.2, 0) is 12.8 Å². The van der Waals surface area contributed by atoms with E-state index in [0.29, 0.717) is 24.5 Å². The summed E-state index contributed by atoms with van der Waals surface area (Å²) in [5.41, 5.74) is 10.5. The third kappa shape index (κ3) is 3.87. The van der Waals surface area contributed by atoms with E-state index in [-0.39, 0.29) is 5.82 Å². The summed E-state index contributed by atoms with van der Waals surface area (Å²) in [5, 5.41) is 0. The number of rotatable bonds is 4. The minimum atomic E-state index is -0.224. The lowest BCUT2D eigenvalue weighted by Crippen LogP contribution is -2.21. The lowest BCUT2D eigenvalue weighted by Gasteiger charge is -2.26. The molecule has 2 aliphatic carbocycles. The van der Waals surface area contributed by atoms with Gasteiger partial charge in [-0.2, -0.15) is 0 Å². The average molecular weight is 339 g/mol. The molecule has 2 aliphatic rings. The zero-order valence-electron chi connectivity index (χ0n) is 14.6. The molecule has 4 rings (SSSR count). The Bertz CT molecular complexity index is 727. The summed E-state index contributed by atoms with van der Waals surface area (Å²) < 4.78 is 18.8. The van der Waals surface area contributed by atoms with Crippen LogP contribution in [0.3, 0.4) is 0 Å². The molecule has 3 unspecified atom stereocenters. The van der Waals surface area contributed by atoms with E-state index in [1.165, 1.54) is 35.2 Å². The monoisotopic (exact) mass is 339 g/mol. The maximum absolute atomic E-state index is 13.0. The lowest BCUT2D eigenvalue weighted by molar-refractivity contribution is 0.234. The molecule has 25 heavy (non-hydrogen) atoms. The smallest absolute Gasteiger partial charge is 0.123 e. The van der Waals surface area contributed by atoms with E-state index in [1.54, 1.807) is 12.1 Å². The van der Waals surface area contributed by atoms with E-state index >= 15 is 0 Å². The van der Waals surface area contributed by atoms with Crippen LogP contribution in [0.5, 0.6) is 5.75 Å². The van der Waals surface area contributed by atoms with Gasteiger partial charge in [0.1, 0.15) is 11.6 Å². The normalized spacial score (nSPS) is 25.6. The molecule has 0 amide bonds. The highest BCUT2D eigenvalue weighted by Crippen LogP contribution is 2.36. The van der Waals surface area contributed by atoms with Gasteiger partial charge >= 0.3 is 0 Å². The summed E-state index contributed by atoms with van der Waals surface area (Å²) in [6.45, 7) is 0.699. The molecule has 0 aromatic heterocycles. The van der Waals surface area contributed by atoms with Gasteiger partial charge in [0, 0.05) is 6.04 Å². The summed E-state index contributed by atoms with van der Waals surface area (Å²) in [7, 11) is 0. The van der Waals surface area contributed by atoms with Crippen LogP contribution < -0.4 is 10.5 Å². The van der Waals surface area contributed by atoms with Crippen molar-refractivity contribution in [2.75, 3.05) is 6.61 Å². The second-order valence-corrected chi connectivity index (χ2v) is 7.67. The van der Waals surface area contributed by atoms with Gasteiger partial charge in [-0.05, 0) is 91.3 Å². The highest BCUT2D eigenvalue weighted by molar-refractivity contribution is 5.36. The number of halogens is 1. The third-order valence-corrected chi connectivity index (χ3v) is 5.80. The largest absolute Gasteiger partial charge is 0.493 e.